The number of hydrogen-bond donors (Lipinski definition) is 3. The summed E-state index contributed by atoms with van der Waals surface area (Å²) in [6.07, 6.45) is 5.94. The van der Waals surface area contributed by atoms with Gasteiger partial charge in [0.1, 0.15) is 42.2 Å². The van der Waals surface area contributed by atoms with Gasteiger partial charge in [0, 0.05) is 30.0 Å². The minimum Gasteiger partial charge on any atom is -0.462 e. The number of nitrogens with two attached hydrogens (primary N) is 1. The van der Waals surface area contributed by atoms with Crippen LogP contribution in [0.15, 0.2) is 29.3 Å². The number of benzene rings is 2. The van der Waals surface area contributed by atoms with Crippen LogP contribution in [0.1, 0.15) is 56.9 Å². The molecule has 3 aromatic rings. The van der Waals surface area contributed by atoms with E-state index in [2.05, 4.69) is 15.2 Å². The number of aliphatic hydroxyl groups excluding tert-OH is 1. The van der Waals surface area contributed by atoms with Gasteiger partial charge in [0.2, 0.25) is 0 Å². The smallest absolute Gasteiger partial charge is 0.302 e. The first kappa shape index (κ1) is 31.6. The van der Waals surface area contributed by atoms with Gasteiger partial charge in [-0.2, -0.15) is 5.26 Å². The summed E-state index contributed by atoms with van der Waals surface area (Å²) >= 11 is 7.95. The van der Waals surface area contributed by atoms with Gasteiger partial charge in [0.25, 0.3) is 0 Å². The Morgan fingerprint density at radius 1 is 1.27 bits per heavy atom. The van der Waals surface area contributed by atoms with Gasteiger partial charge in [-0.1, -0.05) is 30.5 Å². The van der Waals surface area contributed by atoms with Crippen LogP contribution in [0, 0.1) is 23.0 Å². The van der Waals surface area contributed by atoms with E-state index < -0.39 is 29.4 Å². The predicted octanol–water partition coefficient (Wildman–Crippen LogP) is 4.98. The van der Waals surface area contributed by atoms with E-state index in [1.807, 2.05) is 11.0 Å². The molecule has 0 spiro atoms. The van der Waals surface area contributed by atoms with E-state index in [9.17, 15) is 19.1 Å². The third kappa shape index (κ3) is 4.99. The fourth-order valence-electron chi connectivity index (χ4n) is 8.24. The number of fused-ring (bicyclic) bond motifs is 2. The minimum atomic E-state index is -0.954. The second-order valence-corrected chi connectivity index (χ2v) is 14.7. The van der Waals surface area contributed by atoms with Crippen LogP contribution < -0.4 is 26.4 Å². The molecule has 14 heteroatoms. The Morgan fingerprint density at radius 2 is 2.10 bits per heavy atom. The minimum absolute atomic E-state index is 0.0112. The zero-order chi connectivity index (χ0) is 33.3. The topological polar surface area (TPSA) is 119 Å². The fourth-order valence-corrected chi connectivity index (χ4v) is 9.53. The lowest BCUT2D eigenvalue weighted by molar-refractivity contribution is 0.0246. The maximum Gasteiger partial charge on any atom is 0.302 e. The molecule has 3 fully saturated rings. The third-order valence-electron chi connectivity index (χ3n) is 10.4. The summed E-state index contributed by atoms with van der Waals surface area (Å²) in [5.41, 5.74) is 5.71. The van der Waals surface area contributed by atoms with Crippen molar-refractivity contribution in [3.05, 3.63) is 57.1 Å². The highest BCUT2D eigenvalue weighted by Crippen LogP contribution is 2.45. The molecule has 1 saturated carbocycles. The van der Waals surface area contributed by atoms with E-state index in [0.29, 0.717) is 31.6 Å². The Kier molecular flexibility index (Phi) is 7.90. The molecule has 8 rings (SSSR count). The van der Waals surface area contributed by atoms with Gasteiger partial charge in [-0.25, -0.2) is 13.2 Å². The van der Waals surface area contributed by atoms with Crippen molar-refractivity contribution in [2.45, 2.75) is 75.2 Å². The van der Waals surface area contributed by atoms with Crippen molar-refractivity contribution in [1.29, 1.82) is 5.26 Å². The number of nitriles is 1. The van der Waals surface area contributed by atoms with Crippen molar-refractivity contribution in [1.82, 2.24) is 15.1 Å². The molecule has 0 amide bonds. The van der Waals surface area contributed by atoms with Crippen LogP contribution in [0.4, 0.5) is 18.2 Å². The Hall–Kier alpha value is -3.70. The molecule has 1 aromatic heterocycles. The molecule has 5 aliphatic rings. The number of anilines is 1. The Morgan fingerprint density at radius 3 is 2.94 bits per heavy atom. The molecule has 1 aliphatic carbocycles. The van der Waals surface area contributed by atoms with Crippen molar-refractivity contribution < 1.29 is 27.8 Å². The average Bonchev–Trinajstić information content (AvgIpc) is 3.60. The zero-order valence-corrected chi connectivity index (χ0v) is 27.6. The van der Waals surface area contributed by atoms with Crippen LogP contribution in [0.5, 0.6) is 5.75 Å². The number of ether oxygens (including phenoxy) is 2. The van der Waals surface area contributed by atoms with Gasteiger partial charge in [-0.05, 0) is 50.3 Å². The van der Waals surface area contributed by atoms with E-state index in [4.69, 9.17) is 26.8 Å². The average molecular weight is 699 g/mol. The van der Waals surface area contributed by atoms with E-state index >= 15 is 4.39 Å². The summed E-state index contributed by atoms with van der Waals surface area (Å²) in [6.45, 7) is 1.40. The number of halogens is 4. The van der Waals surface area contributed by atoms with Crippen LogP contribution in [0.2, 0.25) is 5.02 Å². The SMILES string of the molecule is N#Cc1c(N)sc2c(F)ccc(-c3c(F)c4c5c(c3Cl)=NCNC=5N(C3CCCCC(O)C3)C=C(OC[C@@]35CCCN3C[C@H](F)C5)O4)c12. The van der Waals surface area contributed by atoms with Crippen LogP contribution >= 0.6 is 22.9 Å². The van der Waals surface area contributed by atoms with Gasteiger partial charge in [-0.15, -0.1) is 11.3 Å². The predicted molar refractivity (Wildman–Crippen MR) is 176 cm³/mol. The zero-order valence-electron chi connectivity index (χ0n) is 26.0. The summed E-state index contributed by atoms with van der Waals surface area (Å²) in [7, 11) is 0. The van der Waals surface area contributed by atoms with Crippen molar-refractivity contribution in [3.8, 4) is 22.9 Å². The number of nitrogens with zero attached hydrogens (tertiary/aromatic N) is 4. The lowest BCUT2D eigenvalue weighted by Crippen LogP contribution is -2.47. The van der Waals surface area contributed by atoms with Crippen molar-refractivity contribution in [2.24, 2.45) is 4.99 Å². The second-order valence-electron chi connectivity index (χ2n) is 13.3. The van der Waals surface area contributed by atoms with Gasteiger partial charge in [0.15, 0.2) is 11.6 Å². The molecule has 4 aliphatic heterocycles. The fraction of sp³-hybridized carbons (Fsp3) is 0.471. The molecule has 2 aromatic carbocycles. The van der Waals surface area contributed by atoms with Crippen molar-refractivity contribution in [2.75, 3.05) is 32.1 Å². The number of rotatable bonds is 5. The molecular weight excluding hydrogens is 665 g/mol. The second kappa shape index (κ2) is 12.0. The molecule has 252 valence electrons. The maximum absolute atomic E-state index is 17.2. The molecule has 4 atom stereocenters. The first-order valence-corrected chi connectivity index (χ1v) is 17.5. The lowest BCUT2D eigenvalue weighted by Gasteiger charge is -2.34. The Bertz CT molecular complexity index is 2030. The molecular formula is C34H34ClF3N6O3S. The molecule has 0 bridgehead atoms. The number of alkyl halides is 1. The number of thiophene rings is 1. The molecule has 48 heavy (non-hydrogen) atoms. The summed E-state index contributed by atoms with van der Waals surface area (Å²) in [5.74, 6) is -1.13. The van der Waals surface area contributed by atoms with Gasteiger partial charge >= 0.3 is 5.95 Å². The number of nitrogens with one attached hydrogen (secondary N) is 1. The highest BCUT2D eigenvalue weighted by atomic mass is 35.5. The van der Waals surface area contributed by atoms with Crippen LogP contribution in [-0.2, 0) is 4.74 Å². The first-order valence-electron chi connectivity index (χ1n) is 16.3. The van der Waals surface area contributed by atoms with Gasteiger partial charge < -0.3 is 30.5 Å². The first-order chi connectivity index (χ1) is 23.2. The monoisotopic (exact) mass is 698 g/mol. The molecule has 4 N–H and O–H groups in total. The molecule has 9 nitrogen and oxygen atoms in total. The van der Waals surface area contributed by atoms with E-state index in [1.54, 1.807) is 6.20 Å². The summed E-state index contributed by atoms with van der Waals surface area (Å²) in [6, 6.07) is 4.42. The normalized spacial score (nSPS) is 26.8. The highest BCUT2D eigenvalue weighted by Gasteiger charge is 2.49. The Labute approximate surface area is 283 Å². The van der Waals surface area contributed by atoms with Gasteiger partial charge in [0.05, 0.1) is 43.7 Å². The summed E-state index contributed by atoms with van der Waals surface area (Å²) < 4.78 is 59.7. The summed E-state index contributed by atoms with van der Waals surface area (Å²) in [4.78, 5) is 8.70. The molecule has 2 unspecified atom stereocenters. The number of aliphatic hydroxyl groups is 1. The van der Waals surface area contributed by atoms with Crippen LogP contribution in [-0.4, -0.2) is 65.1 Å². The van der Waals surface area contributed by atoms with E-state index in [-0.39, 0.29) is 78.4 Å². The van der Waals surface area contributed by atoms with Crippen molar-refractivity contribution >= 4 is 43.8 Å². The largest absolute Gasteiger partial charge is 0.462 e. The Balaban J connectivity index is 1.32. The molecule has 5 heterocycles. The molecule has 2 saturated heterocycles. The van der Waals surface area contributed by atoms with Crippen LogP contribution in [0.25, 0.3) is 27.0 Å². The number of nitrogen functional groups attached to an aromatic ring is 1. The summed E-state index contributed by atoms with van der Waals surface area (Å²) in [5, 5.41) is 24.8. The standard InChI is InChI=1S/C34H34ClF3N6O3S/c35-27-25(20-6-7-22(37)31-24(20)21(12-39)32(40)48-31)28(38)30-26-29(27)41-16-42-33(26)44(18-4-1-2-5-19(45)10-18)14-23(47-30)46-15-34-8-3-9-43(34)13-17(36)11-34/h6-7,14,17-19,42,45H,1-5,8-11,13,15-16,40H2/t17-,18?,19?,34+/m1/s1. The van der Waals surface area contributed by atoms with E-state index in [1.165, 1.54) is 12.1 Å². The maximum atomic E-state index is 17.2. The highest BCUT2D eigenvalue weighted by molar-refractivity contribution is 7.23. The quantitative estimate of drug-likeness (QED) is 0.320. The van der Waals surface area contributed by atoms with Crippen molar-refractivity contribution in [3.63, 3.8) is 0 Å². The van der Waals surface area contributed by atoms with Crippen LogP contribution in [0.3, 0.4) is 0 Å². The number of hydrogen-bond acceptors (Lipinski definition) is 10. The van der Waals surface area contributed by atoms with E-state index in [0.717, 1.165) is 50.0 Å². The third-order valence-corrected chi connectivity index (χ3v) is 11.8. The van der Waals surface area contributed by atoms with Gasteiger partial charge in [-0.3, -0.25) is 9.89 Å². The molecule has 0 radical (unpaired) electrons. The lowest BCUT2D eigenvalue weighted by atomic mass is 9.95.